The molecule has 9 heteroatoms. The van der Waals surface area contributed by atoms with Gasteiger partial charge in [0.15, 0.2) is 25.7 Å². The number of ether oxygens (including phenoxy) is 3. The Bertz CT molecular complexity index is 1300. The number of hydrogen-bond acceptors (Lipinski definition) is 8. The van der Waals surface area contributed by atoms with Crippen LogP contribution in [0.25, 0.3) is 0 Å². The highest BCUT2D eigenvalue weighted by Crippen LogP contribution is 2.37. The van der Waals surface area contributed by atoms with Crippen LogP contribution in [0.2, 0.25) is 18.1 Å². The molecule has 0 N–H and O–H groups in total. The first-order valence-corrected chi connectivity index (χ1v) is 19.1. The number of carbonyl (C=O) groups is 4. The van der Waals surface area contributed by atoms with E-state index in [0.29, 0.717) is 44.7 Å². The van der Waals surface area contributed by atoms with Crippen LogP contribution in [-0.4, -0.2) is 58.6 Å². The van der Waals surface area contributed by atoms with Gasteiger partial charge in [0, 0.05) is 18.9 Å². The molecule has 1 aliphatic rings. The summed E-state index contributed by atoms with van der Waals surface area (Å²) in [7, 11) is -0.341. The van der Waals surface area contributed by atoms with Gasteiger partial charge in [-0.25, -0.2) is 0 Å². The Morgan fingerprint density at radius 2 is 1.65 bits per heavy atom. The molecule has 0 aromatic heterocycles. The van der Waals surface area contributed by atoms with E-state index in [1.54, 1.807) is 33.1 Å². The van der Waals surface area contributed by atoms with Gasteiger partial charge in [0.05, 0.1) is 26.9 Å². The van der Waals surface area contributed by atoms with Crippen LogP contribution in [0.3, 0.4) is 0 Å². The van der Waals surface area contributed by atoms with Crippen molar-refractivity contribution in [3.05, 3.63) is 64.8 Å². The van der Waals surface area contributed by atoms with Crippen LogP contribution in [0, 0.1) is 11.8 Å². The standard InChI is InChI=1S/C37H54O8Si/c1-10-44-36(41)24-30(38)21-27(3)33-19-26(2)20-35(40)34(33)23-31(39)22-28(16-18-45-46(8,9)37(4,5)6)15-17-43-25-29-11-13-32(42-7)14-12-29/h11-14,20-22,33-34H,10,15-19,23-25H2,1-9H3/b27-21-,28-22-/t33-,34-/m0/s1. The largest absolute Gasteiger partial charge is 0.497 e. The van der Waals surface area contributed by atoms with Gasteiger partial charge >= 0.3 is 5.97 Å². The lowest BCUT2D eigenvalue weighted by molar-refractivity contribution is -0.144. The number of esters is 1. The van der Waals surface area contributed by atoms with Crippen molar-refractivity contribution in [2.45, 2.75) is 98.4 Å². The van der Waals surface area contributed by atoms with Crippen molar-refractivity contribution >= 4 is 31.6 Å². The van der Waals surface area contributed by atoms with Gasteiger partial charge in [0.25, 0.3) is 0 Å². The van der Waals surface area contributed by atoms with Gasteiger partial charge in [0.2, 0.25) is 0 Å². The van der Waals surface area contributed by atoms with Crippen molar-refractivity contribution in [1.82, 2.24) is 0 Å². The van der Waals surface area contributed by atoms with Crippen LogP contribution in [-0.2, 0) is 39.7 Å². The fourth-order valence-corrected chi connectivity index (χ4v) is 6.17. The third-order valence-electron chi connectivity index (χ3n) is 8.85. The Hall–Kier alpha value is -3.14. The van der Waals surface area contributed by atoms with Crippen LogP contribution in [0.15, 0.2) is 59.2 Å². The quantitative estimate of drug-likeness (QED) is 0.0526. The summed E-state index contributed by atoms with van der Waals surface area (Å²) in [4.78, 5) is 51.0. The van der Waals surface area contributed by atoms with Gasteiger partial charge in [-0.05, 0) is 100 Å². The molecule has 0 spiro atoms. The molecule has 1 aromatic carbocycles. The molecule has 0 unspecified atom stereocenters. The average molecular weight is 655 g/mol. The molecule has 8 nitrogen and oxygen atoms in total. The van der Waals surface area contributed by atoms with E-state index in [2.05, 4.69) is 33.9 Å². The predicted octanol–water partition coefficient (Wildman–Crippen LogP) is 7.52. The lowest BCUT2D eigenvalue weighted by Gasteiger charge is -2.36. The Labute approximate surface area is 276 Å². The molecule has 0 aliphatic heterocycles. The second-order valence-electron chi connectivity index (χ2n) is 13.6. The molecular formula is C37H54O8Si. The maximum Gasteiger partial charge on any atom is 0.313 e. The van der Waals surface area contributed by atoms with E-state index in [1.807, 2.05) is 31.2 Å². The number of rotatable bonds is 18. The smallest absolute Gasteiger partial charge is 0.313 e. The highest BCUT2D eigenvalue weighted by Gasteiger charge is 2.37. The van der Waals surface area contributed by atoms with Crippen LogP contribution in [0.5, 0.6) is 5.75 Å². The Kier molecular flexibility index (Phi) is 15.5. The van der Waals surface area contributed by atoms with E-state index in [1.165, 1.54) is 6.08 Å². The van der Waals surface area contributed by atoms with Crippen molar-refractivity contribution in [3.63, 3.8) is 0 Å². The zero-order chi connectivity index (χ0) is 34.5. The second kappa shape index (κ2) is 18.3. The molecular weight excluding hydrogens is 600 g/mol. The molecule has 1 aliphatic carbocycles. The first kappa shape index (κ1) is 39.0. The maximum atomic E-state index is 13.5. The normalized spacial score (nSPS) is 17.8. The lowest BCUT2D eigenvalue weighted by atomic mass is 9.73. The summed E-state index contributed by atoms with van der Waals surface area (Å²) in [6.07, 6.45) is 6.08. The Morgan fingerprint density at radius 1 is 1.00 bits per heavy atom. The average Bonchev–Trinajstić information content (AvgIpc) is 2.96. The molecule has 1 aromatic rings. The van der Waals surface area contributed by atoms with Gasteiger partial charge in [-0.15, -0.1) is 0 Å². The minimum atomic E-state index is -1.97. The summed E-state index contributed by atoms with van der Waals surface area (Å²) in [6.45, 7) is 17.9. The van der Waals surface area contributed by atoms with Crippen LogP contribution in [0.4, 0.5) is 0 Å². The predicted molar refractivity (Wildman–Crippen MR) is 183 cm³/mol. The first-order chi connectivity index (χ1) is 21.6. The monoisotopic (exact) mass is 654 g/mol. The minimum Gasteiger partial charge on any atom is -0.497 e. The molecule has 0 fully saturated rings. The molecule has 2 atom stereocenters. The van der Waals surface area contributed by atoms with Gasteiger partial charge in [-0.1, -0.05) is 49.6 Å². The minimum absolute atomic E-state index is 0.0316. The molecule has 0 saturated heterocycles. The van der Waals surface area contributed by atoms with Crippen molar-refractivity contribution in [1.29, 1.82) is 0 Å². The van der Waals surface area contributed by atoms with Crippen molar-refractivity contribution in [2.75, 3.05) is 26.9 Å². The van der Waals surface area contributed by atoms with Gasteiger partial charge in [-0.3, -0.25) is 19.2 Å². The van der Waals surface area contributed by atoms with Gasteiger partial charge in [0.1, 0.15) is 12.2 Å². The van der Waals surface area contributed by atoms with E-state index in [4.69, 9.17) is 18.6 Å². The molecule has 0 saturated carbocycles. The topological polar surface area (TPSA) is 105 Å². The number of ketones is 3. The lowest BCUT2D eigenvalue weighted by Crippen LogP contribution is -2.41. The van der Waals surface area contributed by atoms with Crippen LogP contribution < -0.4 is 4.74 Å². The van der Waals surface area contributed by atoms with E-state index in [9.17, 15) is 19.2 Å². The van der Waals surface area contributed by atoms with Crippen LogP contribution in [0.1, 0.15) is 79.2 Å². The fourth-order valence-electron chi connectivity index (χ4n) is 5.13. The zero-order valence-corrected chi connectivity index (χ0v) is 30.3. The number of hydrogen-bond donors (Lipinski definition) is 0. The summed E-state index contributed by atoms with van der Waals surface area (Å²) in [6, 6.07) is 7.71. The number of carbonyl (C=O) groups excluding carboxylic acids is 4. The van der Waals surface area contributed by atoms with E-state index in [-0.39, 0.29) is 47.8 Å². The third-order valence-corrected chi connectivity index (χ3v) is 13.4. The SMILES string of the molecule is CCOC(=O)CC(=O)/C=C(/C)[C@@H]1CC(C)=CC(=O)[C@H]1CC(=O)/C=C(/CCOCc1ccc(OC)cc1)CCO[Si](C)(C)C(C)(C)C. The number of allylic oxidation sites excluding steroid dienone is 5. The maximum absolute atomic E-state index is 13.5. The van der Waals surface area contributed by atoms with Crippen molar-refractivity contribution < 1.29 is 37.8 Å². The fraction of sp³-hybridized carbons (Fsp3) is 0.568. The highest BCUT2D eigenvalue weighted by atomic mass is 28.4. The zero-order valence-electron chi connectivity index (χ0n) is 29.3. The van der Waals surface area contributed by atoms with Crippen molar-refractivity contribution in [2.24, 2.45) is 11.8 Å². The van der Waals surface area contributed by atoms with Crippen molar-refractivity contribution in [3.8, 4) is 5.75 Å². The highest BCUT2D eigenvalue weighted by molar-refractivity contribution is 6.74. The van der Waals surface area contributed by atoms with E-state index < -0.39 is 20.2 Å². The third kappa shape index (κ3) is 12.9. The van der Waals surface area contributed by atoms with Crippen LogP contribution >= 0.6 is 0 Å². The summed E-state index contributed by atoms with van der Waals surface area (Å²) in [5.41, 5.74) is 3.53. The molecule has 0 radical (unpaired) electrons. The molecule has 2 rings (SSSR count). The Morgan fingerprint density at radius 3 is 2.26 bits per heavy atom. The first-order valence-electron chi connectivity index (χ1n) is 16.2. The number of benzene rings is 1. The van der Waals surface area contributed by atoms with Gasteiger partial charge in [-0.2, -0.15) is 0 Å². The van der Waals surface area contributed by atoms with Gasteiger partial charge < -0.3 is 18.6 Å². The van der Waals surface area contributed by atoms with E-state index >= 15 is 0 Å². The molecule has 46 heavy (non-hydrogen) atoms. The Balaban J connectivity index is 2.18. The summed E-state index contributed by atoms with van der Waals surface area (Å²) < 4.78 is 22.5. The summed E-state index contributed by atoms with van der Waals surface area (Å²) in [5, 5.41) is 0.0687. The summed E-state index contributed by atoms with van der Waals surface area (Å²) in [5.74, 6) is -1.32. The second-order valence-corrected chi connectivity index (χ2v) is 18.4. The molecule has 0 bridgehead atoms. The molecule has 254 valence electrons. The molecule has 0 amide bonds. The number of methoxy groups -OCH3 is 1. The molecule has 0 heterocycles. The van der Waals surface area contributed by atoms with E-state index in [0.717, 1.165) is 22.5 Å². The summed E-state index contributed by atoms with van der Waals surface area (Å²) >= 11 is 0.